The minimum Gasteiger partial charge on any atom is -0.399 e. The van der Waals surface area contributed by atoms with E-state index in [2.05, 4.69) is 74.4 Å². The van der Waals surface area contributed by atoms with Crippen molar-refractivity contribution in [3.63, 3.8) is 0 Å². The molecule has 2 aromatic carbocycles. The van der Waals surface area contributed by atoms with E-state index < -0.39 is 0 Å². The molecule has 0 aromatic heterocycles. The molecular weight excluding hydrogens is 342 g/mol. The summed E-state index contributed by atoms with van der Waals surface area (Å²) >= 11 is 0. The normalized spacial score (nSPS) is 23.5. The first-order valence-electron chi connectivity index (χ1n) is 10.5. The molecule has 1 heterocycles. The third-order valence-electron chi connectivity index (χ3n) is 6.78. The molecule has 148 valence electrons. The number of fused-ring (bicyclic) bond motifs is 3. The van der Waals surface area contributed by atoms with E-state index in [1.807, 2.05) is 6.07 Å². The maximum atomic E-state index is 6.08. The van der Waals surface area contributed by atoms with Crippen molar-refractivity contribution in [1.29, 1.82) is 0 Å². The molecule has 3 heteroatoms. The molecule has 3 nitrogen and oxygen atoms in total. The van der Waals surface area contributed by atoms with Crippen LogP contribution in [0.5, 0.6) is 0 Å². The molecule has 2 aromatic rings. The molecule has 0 bridgehead atoms. The summed E-state index contributed by atoms with van der Waals surface area (Å²) in [4.78, 5) is 0. The molecule has 4 N–H and O–H groups in total. The van der Waals surface area contributed by atoms with Gasteiger partial charge in [-0.2, -0.15) is 0 Å². The van der Waals surface area contributed by atoms with Gasteiger partial charge in [0.05, 0.1) is 0 Å². The van der Waals surface area contributed by atoms with E-state index >= 15 is 0 Å². The zero-order chi connectivity index (χ0) is 19.9. The van der Waals surface area contributed by atoms with E-state index in [0.29, 0.717) is 17.9 Å². The van der Waals surface area contributed by atoms with E-state index in [1.165, 1.54) is 36.1 Å². The molecule has 0 radical (unpaired) electrons. The molecule has 4 rings (SSSR count). The number of nitrogens with one attached hydrogen (secondary N) is 2. The van der Waals surface area contributed by atoms with Crippen molar-refractivity contribution >= 4 is 17.1 Å². The van der Waals surface area contributed by atoms with Gasteiger partial charge in [0.1, 0.15) is 0 Å². The number of benzene rings is 2. The van der Waals surface area contributed by atoms with Crippen molar-refractivity contribution in [2.24, 2.45) is 11.3 Å². The van der Waals surface area contributed by atoms with E-state index in [1.54, 1.807) is 0 Å². The fraction of sp³-hybridized carbons (Fsp3) is 0.440. The summed E-state index contributed by atoms with van der Waals surface area (Å²) in [6.07, 6.45) is 3.87. The zero-order valence-electron chi connectivity index (χ0n) is 17.4. The third kappa shape index (κ3) is 3.50. The Kier molecular flexibility index (Phi) is 4.86. The average molecular weight is 376 g/mol. The smallest absolute Gasteiger partial charge is 0.0379 e. The summed E-state index contributed by atoms with van der Waals surface area (Å²) in [5, 5.41) is 7.50. The molecular formula is C25H33N3. The Morgan fingerprint density at radius 2 is 1.93 bits per heavy atom. The second kappa shape index (κ2) is 7.20. The summed E-state index contributed by atoms with van der Waals surface area (Å²) in [7, 11) is 0. The Bertz CT molecular complexity index is 866. The lowest BCUT2D eigenvalue weighted by Gasteiger charge is -2.46. The standard InChI is InChI=1S/C25H33N3/c1-16-8-10-18(11-9-16)17(2)27-15-25(3,4)24-21-7-5-6-20(21)22-14-19(26)12-13-23(22)28-24/h8-14,20-21,24,27-28H,2,5-7,15,26H2,1,3-4H3. The van der Waals surface area contributed by atoms with E-state index in [-0.39, 0.29) is 5.41 Å². The second-order valence-electron chi connectivity index (χ2n) is 9.36. The van der Waals surface area contributed by atoms with Crippen LogP contribution in [0.1, 0.15) is 55.7 Å². The average Bonchev–Trinajstić information content (AvgIpc) is 3.16. The van der Waals surface area contributed by atoms with Gasteiger partial charge in [0.2, 0.25) is 0 Å². The van der Waals surface area contributed by atoms with Crippen LogP contribution >= 0.6 is 0 Å². The summed E-state index contributed by atoms with van der Waals surface area (Å²) < 4.78 is 0. The summed E-state index contributed by atoms with van der Waals surface area (Å²) in [6, 6.07) is 15.4. The lowest BCUT2D eigenvalue weighted by molar-refractivity contribution is 0.214. The van der Waals surface area contributed by atoms with E-state index in [4.69, 9.17) is 5.73 Å². The minimum atomic E-state index is 0.0972. The van der Waals surface area contributed by atoms with Gasteiger partial charge in [-0.1, -0.05) is 56.7 Å². The van der Waals surface area contributed by atoms with Gasteiger partial charge in [-0.05, 0) is 60.9 Å². The third-order valence-corrected chi connectivity index (χ3v) is 6.78. The van der Waals surface area contributed by atoms with Crippen LogP contribution in [-0.2, 0) is 0 Å². The van der Waals surface area contributed by atoms with Gasteiger partial charge in [0, 0.05) is 35.1 Å². The van der Waals surface area contributed by atoms with Crippen molar-refractivity contribution in [1.82, 2.24) is 5.32 Å². The van der Waals surface area contributed by atoms with E-state index in [9.17, 15) is 0 Å². The molecule has 1 aliphatic heterocycles. The Hall–Kier alpha value is -2.42. The number of hydrogen-bond donors (Lipinski definition) is 3. The summed E-state index contributed by atoms with van der Waals surface area (Å²) in [6.45, 7) is 12.0. The fourth-order valence-electron chi connectivity index (χ4n) is 5.14. The van der Waals surface area contributed by atoms with Crippen LogP contribution in [0, 0.1) is 18.3 Å². The molecule has 1 saturated carbocycles. The predicted molar refractivity (Wildman–Crippen MR) is 120 cm³/mol. The molecule has 3 unspecified atom stereocenters. The van der Waals surface area contributed by atoms with Gasteiger partial charge in [-0.25, -0.2) is 0 Å². The van der Waals surface area contributed by atoms with Crippen LogP contribution in [0.15, 0.2) is 49.0 Å². The van der Waals surface area contributed by atoms with Gasteiger partial charge in [0.15, 0.2) is 0 Å². The first-order chi connectivity index (χ1) is 13.3. The number of aryl methyl sites for hydroxylation is 1. The van der Waals surface area contributed by atoms with Crippen molar-refractivity contribution in [3.8, 4) is 0 Å². The number of anilines is 2. The lowest BCUT2D eigenvalue weighted by atomic mass is 9.69. The van der Waals surface area contributed by atoms with Gasteiger partial charge < -0.3 is 16.4 Å². The van der Waals surface area contributed by atoms with Crippen molar-refractivity contribution in [2.75, 3.05) is 17.6 Å². The highest BCUT2D eigenvalue weighted by Crippen LogP contribution is 2.51. The zero-order valence-corrected chi connectivity index (χ0v) is 17.4. The van der Waals surface area contributed by atoms with Crippen LogP contribution in [0.2, 0.25) is 0 Å². The monoisotopic (exact) mass is 375 g/mol. The number of rotatable bonds is 5. The highest BCUT2D eigenvalue weighted by atomic mass is 15.0. The summed E-state index contributed by atoms with van der Waals surface area (Å²) in [5.74, 6) is 1.29. The number of nitrogens with two attached hydrogens (primary N) is 1. The molecule has 0 amide bonds. The van der Waals surface area contributed by atoms with Crippen molar-refractivity contribution in [2.45, 2.75) is 52.0 Å². The maximum Gasteiger partial charge on any atom is 0.0379 e. The van der Waals surface area contributed by atoms with Crippen LogP contribution in [0.4, 0.5) is 11.4 Å². The Morgan fingerprint density at radius 3 is 2.68 bits per heavy atom. The molecule has 0 saturated heterocycles. The van der Waals surface area contributed by atoms with Gasteiger partial charge >= 0.3 is 0 Å². The van der Waals surface area contributed by atoms with Crippen LogP contribution in [0.25, 0.3) is 5.70 Å². The second-order valence-corrected chi connectivity index (χ2v) is 9.36. The maximum absolute atomic E-state index is 6.08. The topological polar surface area (TPSA) is 50.1 Å². The highest BCUT2D eigenvalue weighted by Gasteiger charge is 2.45. The molecule has 2 aliphatic rings. The summed E-state index contributed by atoms with van der Waals surface area (Å²) in [5.41, 5.74) is 13.2. The van der Waals surface area contributed by atoms with Crippen molar-refractivity contribution < 1.29 is 0 Å². The predicted octanol–water partition coefficient (Wildman–Crippen LogP) is 5.54. The molecule has 3 atom stereocenters. The Balaban J connectivity index is 1.51. The number of nitrogen functional groups attached to an aromatic ring is 1. The Morgan fingerprint density at radius 1 is 1.18 bits per heavy atom. The van der Waals surface area contributed by atoms with Gasteiger partial charge in [0.25, 0.3) is 0 Å². The first-order valence-corrected chi connectivity index (χ1v) is 10.5. The largest absolute Gasteiger partial charge is 0.399 e. The molecule has 28 heavy (non-hydrogen) atoms. The van der Waals surface area contributed by atoms with Gasteiger partial charge in [-0.3, -0.25) is 0 Å². The quantitative estimate of drug-likeness (QED) is 0.601. The first kappa shape index (κ1) is 18.9. The lowest BCUT2D eigenvalue weighted by Crippen LogP contribution is -2.50. The molecule has 1 fully saturated rings. The van der Waals surface area contributed by atoms with Crippen LogP contribution in [-0.4, -0.2) is 12.6 Å². The Labute approximate surface area is 169 Å². The highest BCUT2D eigenvalue weighted by molar-refractivity contribution is 5.63. The van der Waals surface area contributed by atoms with E-state index in [0.717, 1.165) is 23.5 Å². The molecule has 1 aliphatic carbocycles. The molecule has 0 spiro atoms. The van der Waals surface area contributed by atoms with Crippen LogP contribution in [0.3, 0.4) is 0 Å². The fourth-order valence-corrected chi connectivity index (χ4v) is 5.14. The SMILES string of the molecule is C=C(NCC(C)(C)C1Nc2ccc(N)cc2C2CCCC21)c1ccc(C)cc1. The number of hydrogen-bond acceptors (Lipinski definition) is 3. The van der Waals surface area contributed by atoms with Crippen molar-refractivity contribution in [3.05, 3.63) is 65.7 Å². The van der Waals surface area contributed by atoms with Gasteiger partial charge in [-0.15, -0.1) is 0 Å². The minimum absolute atomic E-state index is 0.0972. The van der Waals surface area contributed by atoms with Crippen LogP contribution < -0.4 is 16.4 Å².